The molecule has 0 bridgehead atoms. The highest BCUT2D eigenvalue weighted by Gasteiger charge is 2.29. The lowest BCUT2D eigenvalue weighted by atomic mass is 10.2. The van der Waals surface area contributed by atoms with Crippen molar-refractivity contribution < 1.29 is 17.6 Å². The number of nitrogens with zero attached hydrogens (tertiary/aromatic N) is 1. The molecule has 1 amide bonds. The summed E-state index contributed by atoms with van der Waals surface area (Å²) in [6.45, 7) is 0. The standard InChI is InChI=1S/C14H15FN2O3S/c1-17-12-4-2-3-11(15)10(12)7-13(17)14(18)16-9-5-6-21(19,20)8-9/h2-4,7,9H,5-6,8H2,1H3,(H,16,18). The van der Waals surface area contributed by atoms with E-state index in [1.807, 2.05) is 0 Å². The normalized spacial score (nSPS) is 20.8. The number of hydrogen-bond acceptors (Lipinski definition) is 3. The molecule has 1 N–H and O–H groups in total. The molecule has 5 nitrogen and oxygen atoms in total. The summed E-state index contributed by atoms with van der Waals surface area (Å²) in [5.74, 6) is -0.695. The van der Waals surface area contributed by atoms with Gasteiger partial charge in [0.2, 0.25) is 0 Å². The molecule has 1 aromatic heterocycles. The summed E-state index contributed by atoms with van der Waals surface area (Å²) in [7, 11) is -1.36. The Bertz CT molecular complexity index is 826. The van der Waals surface area contributed by atoms with Crippen LogP contribution in [0.1, 0.15) is 16.9 Å². The molecule has 3 rings (SSSR count). The summed E-state index contributed by atoms with van der Waals surface area (Å²) in [6.07, 6.45) is 0.423. The molecule has 2 aromatic rings. The zero-order chi connectivity index (χ0) is 15.2. The monoisotopic (exact) mass is 310 g/mol. The highest BCUT2D eigenvalue weighted by atomic mass is 32.2. The molecular formula is C14H15FN2O3S. The fraction of sp³-hybridized carbons (Fsp3) is 0.357. The molecule has 0 spiro atoms. The van der Waals surface area contributed by atoms with Crippen molar-refractivity contribution in [2.45, 2.75) is 12.5 Å². The molecule has 0 radical (unpaired) electrons. The number of aryl methyl sites for hydroxylation is 1. The van der Waals surface area contributed by atoms with Crippen LogP contribution in [0.2, 0.25) is 0 Å². The largest absolute Gasteiger partial charge is 0.347 e. The first kappa shape index (κ1) is 14.1. The molecule has 1 fully saturated rings. The average molecular weight is 310 g/mol. The molecule has 1 aliphatic heterocycles. The van der Waals surface area contributed by atoms with Gasteiger partial charge in [0.25, 0.3) is 5.91 Å². The molecule has 112 valence electrons. The van der Waals surface area contributed by atoms with Gasteiger partial charge >= 0.3 is 0 Å². The number of hydrogen-bond donors (Lipinski definition) is 1. The molecule has 1 saturated heterocycles. The maximum absolute atomic E-state index is 13.7. The average Bonchev–Trinajstić information content (AvgIpc) is 2.92. The number of fused-ring (bicyclic) bond motifs is 1. The van der Waals surface area contributed by atoms with Crippen molar-refractivity contribution in [3.05, 3.63) is 35.8 Å². The quantitative estimate of drug-likeness (QED) is 0.907. The predicted octanol–water partition coefficient (Wildman–Crippen LogP) is 1.23. The van der Waals surface area contributed by atoms with Gasteiger partial charge < -0.3 is 9.88 Å². The van der Waals surface area contributed by atoms with Gasteiger partial charge in [-0.15, -0.1) is 0 Å². The number of rotatable bonds is 2. The third kappa shape index (κ3) is 2.53. The third-order valence-electron chi connectivity index (χ3n) is 3.83. The van der Waals surface area contributed by atoms with E-state index in [2.05, 4.69) is 5.32 Å². The second-order valence-corrected chi connectivity index (χ2v) is 7.56. The van der Waals surface area contributed by atoms with Crippen LogP contribution in [0.3, 0.4) is 0 Å². The highest BCUT2D eigenvalue weighted by molar-refractivity contribution is 7.91. The van der Waals surface area contributed by atoms with Gasteiger partial charge in [-0.2, -0.15) is 0 Å². The maximum atomic E-state index is 13.7. The number of carbonyl (C=O) groups excluding carboxylic acids is 1. The van der Waals surface area contributed by atoms with Crippen LogP contribution in [0.5, 0.6) is 0 Å². The Morgan fingerprint density at radius 1 is 1.43 bits per heavy atom. The Hall–Kier alpha value is -1.89. The minimum Gasteiger partial charge on any atom is -0.347 e. The van der Waals surface area contributed by atoms with E-state index in [0.717, 1.165) is 0 Å². The molecule has 1 aromatic carbocycles. The van der Waals surface area contributed by atoms with Crippen LogP contribution in [-0.2, 0) is 16.9 Å². The summed E-state index contributed by atoms with van der Waals surface area (Å²) < 4.78 is 38.1. The van der Waals surface area contributed by atoms with Crippen molar-refractivity contribution in [1.82, 2.24) is 9.88 Å². The third-order valence-corrected chi connectivity index (χ3v) is 5.60. The SMILES string of the molecule is Cn1c(C(=O)NC2CCS(=O)(=O)C2)cc2c(F)cccc21. The number of sulfone groups is 1. The topological polar surface area (TPSA) is 68.2 Å². The molecule has 1 unspecified atom stereocenters. The molecule has 7 heteroatoms. The minimum absolute atomic E-state index is 0.0307. The number of aromatic nitrogens is 1. The van der Waals surface area contributed by atoms with E-state index in [1.165, 1.54) is 12.1 Å². The van der Waals surface area contributed by atoms with Gasteiger partial charge in [0.15, 0.2) is 9.84 Å². The smallest absolute Gasteiger partial charge is 0.268 e. The van der Waals surface area contributed by atoms with Crippen molar-refractivity contribution >= 4 is 26.6 Å². The summed E-state index contributed by atoms with van der Waals surface area (Å²) in [6, 6.07) is 5.78. The highest BCUT2D eigenvalue weighted by Crippen LogP contribution is 2.22. The Morgan fingerprint density at radius 2 is 2.19 bits per heavy atom. The summed E-state index contributed by atoms with van der Waals surface area (Å²) in [5, 5.41) is 3.09. The van der Waals surface area contributed by atoms with Gasteiger partial charge in [-0.3, -0.25) is 4.79 Å². The van der Waals surface area contributed by atoms with Gasteiger partial charge in [-0.1, -0.05) is 6.07 Å². The van der Waals surface area contributed by atoms with Gasteiger partial charge in [-0.05, 0) is 24.6 Å². The fourth-order valence-corrected chi connectivity index (χ4v) is 4.38. The Kier molecular flexibility index (Phi) is 3.24. The Balaban J connectivity index is 1.89. The van der Waals surface area contributed by atoms with E-state index in [-0.39, 0.29) is 29.3 Å². The van der Waals surface area contributed by atoms with Crippen molar-refractivity contribution in [1.29, 1.82) is 0 Å². The lowest BCUT2D eigenvalue weighted by molar-refractivity contribution is 0.0933. The Labute approximate surface area is 121 Å². The van der Waals surface area contributed by atoms with E-state index in [0.29, 0.717) is 23.0 Å². The molecule has 1 aliphatic rings. The zero-order valence-corrected chi connectivity index (χ0v) is 12.3. The van der Waals surface area contributed by atoms with Crippen LogP contribution in [-0.4, -0.2) is 36.4 Å². The van der Waals surface area contributed by atoms with Gasteiger partial charge in [-0.25, -0.2) is 12.8 Å². The zero-order valence-electron chi connectivity index (χ0n) is 11.5. The fourth-order valence-electron chi connectivity index (χ4n) is 2.71. The molecule has 0 saturated carbocycles. The predicted molar refractivity (Wildman–Crippen MR) is 77.4 cm³/mol. The number of carbonyl (C=O) groups is 1. The van der Waals surface area contributed by atoms with E-state index < -0.39 is 9.84 Å². The summed E-state index contributed by atoms with van der Waals surface area (Å²) >= 11 is 0. The van der Waals surface area contributed by atoms with Gasteiger partial charge in [0.1, 0.15) is 11.5 Å². The second kappa shape index (κ2) is 4.84. The summed E-state index contributed by atoms with van der Waals surface area (Å²) in [5.41, 5.74) is 0.943. The van der Waals surface area contributed by atoms with Gasteiger partial charge in [0, 0.05) is 18.5 Å². The van der Waals surface area contributed by atoms with Crippen LogP contribution in [0, 0.1) is 5.82 Å². The van der Waals surface area contributed by atoms with Crippen LogP contribution in [0.15, 0.2) is 24.3 Å². The van der Waals surface area contributed by atoms with Gasteiger partial charge in [0.05, 0.1) is 17.0 Å². The first-order valence-corrected chi connectivity index (χ1v) is 8.45. The molecule has 1 atom stereocenters. The van der Waals surface area contributed by atoms with Crippen LogP contribution >= 0.6 is 0 Å². The molecule has 2 heterocycles. The van der Waals surface area contributed by atoms with E-state index in [4.69, 9.17) is 0 Å². The molecular weight excluding hydrogens is 295 g/mol. The lowest BCUT2D eigenvalue weighted by Crippen LogP contribution is -2.36. The van der Waals surface area contributed by atoms with Crippen LogP contribution in [0.25, 0.3) is 10.9 Å². The molecule has 0 aliphatic carbocycles. The first-order chi connectivity index (χ1) is 9.87. The van der Waals surface area contributed by atoms with Crippen molar-refractivity contribution in [2.75, 3.05) is 11.5 Å². The number of halogens is 1. The molecule has 21 heavy (non-hydrogen) atoms. The van der Waals surface area contributed by atoms with Crippen LogP contribution in [0.4, 0.5) is 4.39 Å². The van der Waals surface area contributed by atoms with Crippen molar-refractivity contribution in [2.24, 2.45) is 7.05 Å². The van der Waals surface area contributed by atoms with E-state index in [1.54, 1.807) is 23.7 Å². The number of amides is 1. The number of nitrogens with one attached hydrogen (secondary N) is 1. The van der Waals surface area contributed by atoms with Crippen molar-refractivity contribution in [3.63, 3.8) is 0 Å². The van der Waals surface area contributed by atoms with E-state index in [9.17, 15) is 17.6 Å². The van der Waals surface area contributed by atoms with Crippen LogP contribution < -0.4 is 5.32 Å². The Morgan fingerprint density at radius 3 is 2.81 bits per heavy atom. The first-order valence-electron chi connectivity index (χ1n) is 6.62. The lowest BCUT2D eigenvalue weighted by Gasteiger charge is -2.11. The number of benzene rings is 1. The summed E-state index contributed by atoms with van der Waals surface area (Å²) in [4.78, 5) is 12.3. The second-order valence-electron chi connectivity index (χ2n) is 5.33. The minimum atomic E-state index is -3.05. The maximum Gasteiger partial charge on any atom is 0.268 e. The van der Waals surface area contributed by atoms with E-state index >= 15 is 0 Å². The van der Waals surface area contributed by atoms with Crippen molar-refractivity contribution in [3.8, 4) is 0 Å².